The molecule has 2 unspecified atom stereocenters. The molecule has 1 aliphatic carbocycles. The first-order valence-electron chi connectivity index (χ1n) is 7.21. The van der Waals surface area contributed by atoms with Crippen LogP contribution in [0.4, 0.5) is 0 Å². The van der Waals surface area contributed by atoms with Crippen molar-refractivity contribution in [1.82, 2.24) is 15.1 Å². The van der Waals surface area contributed by atoms with Crippen molar-refractivity contribution in [2.75, 3.05) is 0 Å². The number of hydrogen-bond donors (Lipinski definition) is 1. The third-order valence-electron chi connectivity index (χ3n) is 4.14. The summed E-state index contributed by atoms with van der Waals surface area (Å²) in [6, 6.07) is 0. The molecule has 1 fully saturated rings. The average Bonchev–Trinajstić information content (AvgIpc) is 3.16. The first kappa shape index (κ1) is 13.7. The van der Waals surface area contributed by atoms with E-state index in [9.17, 15) is 0 Å². The van der Waals surface area contributed by atoms with Crippen LogP contribution in [0, 0.1) is 12.8 Å². The Balaban J connectivity index is 1.81. The molecule has 20 heavy (non-hydrogen) atoms. The van der Waals surface area contributed by atoms with Gasteiger partial charge in [-0.15, -0.1) is 11.3 Å². The van der Waals surface area contributed by atoms with Crippen molar-refractivity contribution < 1.29 is 4.52 Å². The Labute approximate surface area is 122 Å². The lowest BCUT2D eigenvalue weighted by molar-refractivity contribution is 0.414. The van der Waals surface area contributed by atoms with Crippen molar-refractivity contribution in [3.63, 3.8) is 0 Å². The van der Waals surface area contributed by atoms with Gasteiger partial charge in [0, 0.05) is 12.5 Å². The van der Waals surface area contributed by atoms with Crippen LogP contribution in [0.25, 0.3) is 10.8 Å². The molecule has 2 heterocycles. The second-order valence-electron chi connectivity index (χ2n) is 5.47. The molecule has 0 saturated heterocycles. The van der Waals surface area contributed by atoms with E-state index in [4.69, 9.17) is 10.3 Å². The standard InChI is InChI=1S/C14H20N4OS/c1-3-9-4-5-10(6-9)13-17-14(19-18-13)12-8(2)16-11(7-15)20-12/h9-10H,3-7,15H2,1-2H3. The summed E-state index contributed by atoms with van der Waals surface area (Å²) in [4.78, 5) is 9.95. The van der Waals surface area contributed by atoms with Crippen LogP contribution in [-0.2, 0) is 6.54 Å². The fourth-order valence-corrected chi connectivity index (χ4v) is 3.78. The molecule has 6 heteroatoms. The molecule has 2 aromatic rings. The van der Waals surface area contributed by atoms with Gasteiger partial charge in [-0.05, 0) is 32.1 Å². The molecule has 108 valence electrons. The van der Waals surface area contributed by atoms with E-state index in [0.717, 1.165) is 27.3 Å². The SMILES string of the molecule is CCC1CCC(c2noc(-c3sc(CN)nc3C)n2)C1. The van der Waals surface area contributed by atoms with E-state index in [1.807, 2.05) is 6.92 Å². The van der Waals surface area contributed by atoms with Gasteiger partial charge in [-0.3, -0.25) is 0 Å². The van der Waals surface area contributed by atoms with Crippen LogP contribution in [0.2, 0.25) is 0 Å². The molecule has 0 radical (unpaired) electrons. The van der Waals surface area contributed by atoms with Crippen LogP contribution < -0.4 is 5.73 Å². The Morgan fingerprint density at radius 1 is 1.35 bits per heavy atom. The maximum atomic E-state index is 5.63. The van der Waals surface area contributed by atoms with Crippen molar-refractivity contribution in [2.45, 2.75) is 52.0 Å². The van der Waals surface area contributed by atoms with Crippen molar-refractivity contribution in [1.29, 1.82) is 0 Å². The number of nitrogens with zero attached hydrogens (tertiary/aromatic N) is 3. The Morgan fingerprint density at radius 3 is 2.85 bits per heavy atom. The van der Waals surface area contributed by atoms with Gasteiger partial charge in [0.15, 0.2) is 5.82 Å². The molecular weight excluding hydrogens is 272 g/mol. The monoisotopic (exact) mass is 292 g/mol. The Hall–Kier alpha value is -1.27. The summed E-state index contributed by atoms with van der Waals surface area (Å²) in [6.07, 6.45) is 4.88. The molecule has 5 nitrogen and oxygen atoms in total. The predicted molar refractivity (Wildman–Crippen MR) is 78.4 cm³/mol. The van der Waals surface area contributed by atoms with Crippen molar-refractivity contribution >= 4 is 11.3 Å². The zero-order valence-corrected chi connectivity index (χ0v) is 12.7. The van der Waals surface area contributed by atoms with E-state index in [0.29, 0.717) is 18.4 Å². The fourth-order valence-electron chi connectivity index (χ4n) is 2.91. The first-order valence-corrected chi connectivity index (χ1v) is 8.03. The molecule has 2 N–H and O–H groups in total. The van der Waals surface area contributed by atoms with Gasteiger partial charge in [0.05, 0.1) is 5.69 Å². The lowest BCUT2D eigenvalue weighted by atomic mass is 10.0. The van der Waals surface area contributed by atoms with Gasteiger partial charge < -0.3 is 10.3 Å². The highest BCUT2D eigenvalue weighted by atomic mass is 32.1. The largest absolute Gasteiger partial charge is 0.333 e. The van der Waals surface area contributed by atoms with Crippen LogP contribution in [0.15, 0.2) is 4.52 Å². The lowest BCUT2D eigenvalue weighted by Gasteiger charge is -2.04. The number of rotatable bonds is 4. The summed E-state index contributed by atoms with van der Waals surface area (Å²) in [7, 11) is 0. The first-order chi connectivity index (χ1) is 9.71. The Kier molecular flexibility index (Phi) is 3.85. The number of aryl methyl sites for hydroxylation is 1. The van der Waals surface area contributed by atoms with Crippen molar-refractivity contribution in [3.8, 4) is 10.8 Å². The van der Waals surface area contributed by atoms with Gasteiger partial charge in [-0.25, -0.2) is 4.98 Å². The molecule has 2 atom stereocenters. The third kappa shape index (κ3) is 2.50. The summed E-state index contributed by atoms with van der Waals surface area (Å²) in [5.74, 6) is 2.73. The minimum Gasteiger partial charge on any atom is -0.333 e. The molecule has 1 aliphatic rings. The number of aromatic nitrogens is 3. The minimum absolute atomic E-state index is 0.452. The summed E-state index contributed by atoms with van der Waals surface area (Å²) >= 11 is 1.54. The maximum absolute atomic E-state index is 5.63. The summed E-state index contributed by atoms with van der Waals surface area (Å²) in [5, 5.41) is 5.09. The van der Waals surface area contributed by atoms with Crippen LogP contribution in [0.5, 0.6) is 0 Å². The highest BCUT2D eigenvalue weighted by Crippen LogP contribution is 2.39. The highest BCUT2D eigenvalue weighted by Gasteiger charge is 2.29. The average molecular weight is 292 g/mol. The van der Waals surface area contributed by atoms with Crippen LogP contribution in [0.3, 0.4) is 0 Å². The number of thiazole rings is 1. The summed E-state index contributed by atoms with van der Waals surface area (Å²) < 4.78 is 5.44. The normalized spacial score (nSPS) is 22.6. The molecule has 2 aromatic heterocycles. The summed E-state index contributed by atoms with van der Waals surface area (Å²) in [5.41, 5.74) is 6.55. The van der Waals surface area contributed by atoms with E-state index in [1.165, 1.54) is 25.7 Å². The van der Waals surface area contributed by atoms with Gasteiger partial charge in [0.25, 0.3) is 5.89 Å². The van der Waals surface area contributed by atoms with E-state index in [1.54, 1.807) is 11.3 Å². The smallest absolute Gasteiger partial charge is 0.269 e. The zero-order chi connectivity index (χ0) is 14.1. The molecule has 0 amide bonds. The van der Waals surface area contributed by atoms with Gasteiger partial charge in [-0.2, -0.15) is 4.98 Å². The lowest BCUT2D eigenvalue weighted by Crippen LogP contribution is -1.97. The van der Waals surface area contributed by atoms with E-state index in [2.05, 4.69) is 22.0 Å². The fraction of sp³-hybridized carbons (Fsp3) is 0.643. The van der Waals surface area contributed by atoms with Gasteiger partial charge in [0.1, 0.15) is 9.88 Å². The van der Waals surface area contributed by atoms with Gasteiger partial charge in [0.2, 0.25) is 0 Å². The molecule has 1 saturated carbocycles. The van der Waals surface area contributed by atoms with E-state index >= 15 is 0 Å². The van der Waals surface area contributed by atoms with Crippen molar-refractivity contribution in [3.05, 3.63) is 16.5 Å². The number of hydrogen-bond acceptors (Lipinski definition) is 6. The van der Waals surface area contributed by atoms with Crippen LogP contribution in [-0.4, -0.2) is 15.1 Å². The summed E-state index contributed by atoms with van der Waals surface area (Å²) in [6.45, 7) is 4.66. The maximum Gasteiger partial charge on any atom is 0.269 e. The topological polar surface area (TPSA) is 77.8 Å². The minimum atomic E-state index is 0.452. The third-order valence-corrected chi connectivity index (χ3v) is 5.30. The van der Waals surface area contributed by atoms with E-state index in [-0.39, 0.29) is 0 Å². The zero-order valence-electron chi connectivity index (χ0n) is 11.9. The molecule has 0 aromatic carbocycles. The van der Waals surface area contributed by atoms with E-state index < -0.39 is 0 Å². The van der Waals surface area contributed by atoms with Gasteiger partial charge >= 0.3 is 0 Å². The molecule has 0 aliphatic heterocycles. The highest BCUT2D eigenvalue weighted by molar-refractivity contribution is 7.15. The predicted octanol–water partition coefficient (Wildman–Crippen LogP) is 3.25. The second kappa shape index (κ2) is 5.61. The Bertz CT molecular complexity index is 592. The van der Waals surface area contributed by atoms with Crippen LogP contribution in [0.1, 0.15) is 55.1 Å². The Morgan fingerprint density at radius 2 is 2.20 bits per heavy atom. The van der Waals surface area contributed by atoms with Gasteiger partial charge in [-0.1, -0.05) is 18.5 Å². The molecule has 0 bridgehead atoms. The quantitative estimate of drug-likeness (QED) is 0.935. The second-order valence-corrected chi connectivity index (χ2v) is 6.55. The molecular formula is C14H20N4OS. The molecule has 0 spiro atoms. The van der Waals surface area contributed by atoms with Crippen molar-refractivity contribution in [2.24, 2.45) is 11.7 Å². The molecule has 3 rings (SSSR count). The number of nitrogens with two attached hydrogens (primary N) is 1. The van der Waals surface area contributed by atoms with Crippen LogP contribution >= 0.6 is 11.3 Å².